The summed E-state index contributed by atoms with van der Waals surface area (Å²) in [6.45, 7) is 1.66. The van der Waals surface area contributed by atoms with Crippen LogP contribution in [0.4, 0.5) is 11.4 Å². The molecule has 1 saturated carbocycles. The average Bonchev–Trinajstić information content (AvgIpc) is 3.51. The third kappa shape index (κ3) is 6.92. The summed E-state index contributed by atoms with van der Waals surface area (Å²) in [7, 11) is 1.31. The number of nitrogens with one attached hydrogen (secondary N) is 2. The number of rotatable bonds is 10. The number of benzene rings is 2. The standard InChI is InChI=1S/C25H31N3O4/c1-16(25(31)32-2)14-24(30)28-19-10-6-17(7-11-19)4-3-5-23(29)27-20-12-8-18(9-13-20)21-15-22(21)26/h6-13,16,21-22H,3-5,14-15,26H2,1-2H3,(H,27,29)(H,28,30). The molecular weight excluding hydrogens is 406 g/mol. The first-order valence-corrected chi connectivity index (χ1v) is 11.0. The number of hydrogen-bond donors (Lipinski definition) is 3. The first-order valence-electron chi connectivity index (χ1n) is 11.0. The van der Waals surface area contributed by atoms with Gasteiger partial charge >= 0.3 is 5.97 Å². The number of anilines is 2. The van der Waals surface area contributed by atoms with E-state index in [4.69, 9.17) is 5.73 Å². The van der Waals surface area contributed by atoms with E-state index in [9.17, 15) is 14.4 Å². The lowest BCUT2D eigenvalue weighted by atomic mass is 10.1. The molecule has 2 aromatic carbocycles. The van der Waals surface area contributed by atoms with Gasteiger partial charge in [-0.3, -0.25) is 14.4 Å². The number of carbonyl (C=O) groups is 3. The first kappa shape index (κ1) is 23.5. The van der Waals surface area contributed by atoms with Gasteiger partial charge in [0.25, 0.3) is 0 Å². The van der Waals surface area contributed by atoms with E-state index in [1.54, 1.807) is 6.92 Å². The molecule has 0 bridgehead atoms. The van der Waals surface area contributed by atoms with Crippen LogP contribution in [0, 0.1) is 5.92 Å². The molecule has 3 unspecified atom stereocenters. The van der Waals surface area contributed by atoms with Gasteiger partial charge < -0.3 is 21.1 Å². The summed E-state index contributed by atoms with van der Waals surface area (Å²) in [5.74, 6) is -0.674. The van der Waals surface area contributed by atoms with Crippen molar-refractivity contribution in [2.24, 2.45) is 11.7 Å². The first-order chi connectivity index (χ1) is 15.4. The molecule has 2 amide bonds. The van der Waals surface area contributed by atoms with Crippen LogP contribution in [0.5, 0.6) is 0 Å². The van der Waals surface area contributed by atoms with Crippen LogP contribution < -0.4 is 16.4 Å². The summed E-state index contributed by atoms with van der Waals surface area (Å²) >= 11 is 0. The molecule has 3 rings (SSSR count). The second kappa shape index (κ2) is 10.9. The van der Waals surface area contributed by atoms with E-state index < -0.39 is 11.9 Å². The number of carbonyl (C=O) groups excluding carboxylic acids is 3. The maximum Gasteiger partial charge on any atom is 0.308 e. The molecule has 7 heteroatoms. The highest BCUT2D eigenvalue weighted by atomic mass is 16.5. The zero-order chi connectivity index (χ0) is 23.1. The lowest BCUT2D eigenvalue weighted by molar-refractivity contribution is -0.146. The summed E-state index contributed by atoms with van der Waals surface area (Å²) in [5, 5.41) is 5.71. The zero-order valence-corrected chi connectivity index (χ0v) is 18.6. The Labute approximate surface area is 188 Å². The Bertz CT molecular complexity index is 941. The van der Waals surface area contributed by atoms with E-state index >= 15 is 0 Å². The fourth-order valence-corrected chi connectivity index (χ4v) is 3.62. The van der Waals surface area contributed by atoms with Crippen LogP contribution in [0.15, 0.2) is 48.5 Å². The number of esters is 1. The molecule has 0 aromatic heterocycles. The topological polar surface area (TPSA) is 111 Å². The number of aryl methyl sites for hydroxylation is 1. The van der Waals surface area contributed by atoms with Crippen molar-refractivity contribution in [1.29, 1.82) is 0 Å². The van der Waals surface area contributed by atoms with Gasteiger partial charge in [0.2, 0.25) is 11.8 Å². The van der Waals surface area contributed by atoms with Crippen LogP contribution in [0.1, 0.15) is 49.7 Å². The van der Waals surface area contributed by atoms with Gasteiger partial charge in [-0.2, -0.15) is 0 Å². The minimum atomic E-state index is -0.486. The van der Waals surface area contributed by atoms with Crippen LogP contribution >= 0.6 is 0 Å². The number of ether oxygens (including phenoxy) is 1. The SMILES string of the molecule is COC(=O)C(C)CC(=O)Nc1ccc(CCCC(=O)Nc2ccc(C3CC3N)cc2)cc1. The fraction of sp³-hybridized carbons (Fsp3) is 0.400. The fourth-order valence-electron chi connectivity index (χ4n) is 3.62. The van der Waals surface area contributed by atoms with Gasteiger partial charge in [-0.15, -0.1) is 0 Å². The molecule has 0 heterocycles. The van der Waals surface area contributed by atoms with E-state index in [0.29, 0.717) is 18.0 Å². The third-order valence-corrected chi connectivity index (χ3v) is 5.66. The molecule has 0 saturated heterocycles. The average molecular weight is 438 g/mol. The van der Waals surface area contributed by atoms with E-state index in [1.807, 2.05) is 48.5 Å². The van der Waals surface area contributed by atoms with E-state index in [0.717, 1.165) is 30.5 Å². The van der Waals surface area contributed by atoms with E-state index in [1.165, 1.54) is 12.7 Å². The van der Waals surface area contributed by atoms with E-state index in [-0.39, 0.29) is 24.3 Å². The van der Waals surface area contributed by atoms with Crippen molar-refractivity contribution in [2.45, 2.75) is 51.0 Å². The lowest BCUT2D eigenvalue weighted by Crippen LogP contribution is -2.21. The third-order valence-electron chi connectivity index (χ3n) is 5.66. The zero-order valence-electron chi connectivity index (χ0n) is 18.6. The van der Waals surface area contributed by atoms with Crippen molar-refractivity contribution in [1.82, 2.24) is 0 Å². The molecule has 0 spiro atoms. The minimum absolute atomic E-state index is 0.00974. The summed E-state index contributed by atoms with van der Waals surface area (Å²) in [4.78, 5) is 35.6. The molecular formula is C25H31N3O4. The number of methoxy groups -OCH3 is 1. The van der Waals surface area contributed by atoms with Gasteiger partial charge in [-0.1, -0.05) is 31.2 Å². The number of hydrogen-bond acceptors (Lipinski definition) is 5. The Hall–Kier alpha value is -3.19. The van der Waals surface area contributed by atoms with Crippen LogP contribution in [0.2, 0.25) is 0 Å². The van der Waals surface area contributed by atoms with Gasteiger partial charge in [0.05, 0.1) is 13.0 Å². The Morgan fingerprint density at radius 3 is 2.12 bits per heavy atom. The predicted molar refractivity (Wildman–Crippen MR) is 124 cm³/mol. The Balaban J connectivity index is 1.37. The second-order valence-electron chi connectivity index (χ2n) is 8.40. The van der Waals surface area contributed by atoms with Crippen LogP contribution in [0.3, 0.4) is 0 Å². The number of nitrogens with two attached hydrogens (primary N) is 1. The number of amides is 2. The predicted octanol–water partition coefficient (Wildman–Crippen LogP) is 3.60. The molecule has 1 aliphatic rings. The van der Waals surface area contributed by atoms with Crippen molar-refractivity contribution in [3.8, 4) is 0 Å². The minimum Gasteiger partial charge on any atom is -0.469 e. The summed E-state index contributed by atoms with van der Waals surface area (Å²) in [6, 6.07) is 15.7. The highest BCUT2D eigenvalue weighted by molar-refractivity contribution is 5.93. The van der Waals surface area contributed by atoms with Crippen LogP contribution in [0.25, 0.3) is 0 Å². The molecule has 1 fully saturated rings. The molecule has 3 atom stereocenters. The highest BCUT2D eigenvalue weighted by Gasteiger charge is 2.34. The Kier molecular flexibility index (Phi) is 8.00. The second-order valence-corrected chi connectivity index (χ2v) is 8.40. The molecule has 0 radical (unpaired) electrons. The monoisotopic (exact) mass is 437 g/mol. The van der Waals surface area contributed by atoms with Gasteiger partial charge in [0, 0.05) is 36.2 Å². The van der Waals surface area contributed by atoms with Crippen molar-refractivity contribution in [3.63, 3.8) is 0 Å². The van der Waals surface area contributed by atoms with Gasteiger partial charge in [0.15, 0.2) is 0 Å². The van der Waals surface area contributed by atoms with Crippen molar-refractivity contribution < 1.29 is 19.1 Å². The maximum atomic E-state index is 12.2. The van der Waals surface area contributed by atoms with Gasteiger partial charge in [-0.05, 0) is 54.7 Å². The summed E-state index contributed by atoms with van der Waals surface area (Å²) < 4.78 is 4.63. The lowest BCUT2D eigenvalue weighted by Gasteiger charge is -2.10. The van der Waals surface area contributed by atoms with Gasteiger partial charge in [0.1, 0.15) is 0 Å². The molecule has 2 aromatic rings. The maximum absolute atomic E-state index is 12.2. The van der Waals surface area contributed by atoms with Gasteiger partial charge in [-0.25, -0.2) is 0 Å². The van der Waals surface area contributed by atoms with Crippen molar-refractivity contribution in [3.05, 3.63) is 59.7 Å². The normalized spacial score (nSPS) is 17.8. The summed E-state index contributed by atoms with van der Waals surface area (Å²) in [6.07, 6.45) is 3.02. The Morgan fingerprint density at radius 2 is 1.56 bits per heavy atom. The smallest absolute Gasteiger partial charge is 0.308 e. The molecule has 7 nitrogen and oxygen atoms in total. The van der Waals surface area contributed by atoms with Crippen molar-refractivity contribution >= 4 is 29.2 Å². The quantitative estimate of drug-likeness (QED) is 0.492. The largest absolute Gasteiger partial charge is 0.469 e. The van der Waals surface area contributed by atoms with Crippen LogP contribution in [-0.2, 0) is 25.5 Å². The van der Waals surface area contributed by atoms with E-state index in [2.05, 4.69) is 15.4 Å². The van der Waals surface area contributed by atoms with Crippen molar-refractivity contribution in [2.75, 3.05) is 17.7 Å². The molecule has 1 aliphatic carbocycles. The van der Waals surface area contributed by atoms with Crippen LogP contribution in [-0.4, -0.2) is 30.9 Å². The summed E-state index contributed by atoms with van der Waals surface area (Å²) in [5.41, 5.74) is 9.67. The molecule has 0 aliphatic heterocycles. The molecule has 4 N–H and O–H groups in total. The highest BCUT2D eigenvalue weighted by Crippen LogP contribution is 2.39. The Morgan fingerprint density at radius 1 is 1.00 bits per heavy atom. The molecule has 32 heavy (non-hydrogen) atoms. The molecule has 170 valence electrons.